The molecule has 0 bridgehead atoms. The van der Waals surface area contributed by atoms with E-state index in [1.165, 1.54) is 25.7 Å². The van der Waals surface area contributed by atoms with Gasteiger partial charge in [-0.25, -0.2) is 0 Å². The molecule has 0 radical (unpaired) electrons. The summed E-state index contributed by atoms with van der Waals surface area (Å²) >= 11 is 1.94. The Bertz CT molecular complexity index is 321. The Hall–Kier alpha value is -0.220. The van der Waals surface area contributed by atoms with E-state index in [0.717, 1.165) is 6.42 Å². The molecule has 110 valence electrons. The second-order valence-electron chi connectivity index (χ2n) is 6.19. The highest BCUT2D eigenvalue weighted by atomic mass is 32.2. The maximum atomic E-state index is 12.7. The number of nitrogens with one attached hydrogen (secondary N) is 1. The van der Waals surface area contributed by atoms with Crippen molar-refractivity contribution in [3.63, 3.8) is 0 Å². The van der Waals surface area contributed by atoms with Crippen LogP contribution in [0.4, 0.5) is 0 Å². The molecule has 1 N–H and O–H groups in total. The summed E-state index contributed by atoms with van der Waals surface area (Å²) in [4.78, 5) is 14.9. The van der Waals surface area contributed by atoms with Gasteiger partial charge < -0.3 is 4.90 Å². The van der Waals surface area contributed by atoms with Crippen molar-refractivity contribution in [1.82, 2.24) is 10.2 Å². The predicted octanol–water partition coefficient (Wildman–Crippen LogP) is 2.85. The van der Waals surface area contributed by atoms with E-state index in [2.05, 4.69) is 37.2 Å². The molecule has 2 aliphatic rings. The average molecular weight is 284 g/mol. The molecule has 1 amide bonds. The lowest BCUT2D eigenvalue weighted by Gasteiger charge is -2.41. The number of carbonyl (C=O) groups excluding carboxylic acids is 1. The molecule has 1 heterocycles. The molecule has 1 aliphatic heterocycles. The molecule has 1 saturated carbocycles. The molecule has 4 unspecified atom stereocenters. The van der Waals surface area contributed by atoms with Crippen LogP contribution in [-0.2, 0) is 4.79 Å². The average Bonchev–Trinajstić information content (AvgIpc) is 2.75. The number of carbonyl (C=O) groups is 1. The summed E-state index contributed by atoms with van der Waals surface area (Å²) in [5.41, 5.74) is 0. The van der Waals surface area contributed by atoms with Gasteiger partial charge in [-0.1, -0.05) is 33.6 Å². The van der Waals surface area contributed by atoms with E-state index < -0.39 is 0 Å². The summed E-state index contributed by atoms with van der Waals surface area (Å²) in [7, 11) is 0. The van der Waals surface area contributed by atoms with Gasteiger partial charge >= 0.3 is 0 Å². The second kappa shape index (κ2) is 6.49. The van der Waals surface area contributed by atoms with Crippen molar-refractivity contribution in [2.75, 3.05) is 6.26 Å². The summed E-state index contributed by atoms with van der Waals surface area (Å²) in [5, 5.41) is 4.17. The van der Waals surface area contributed by atoms with Crippen LogP contribution in [0.15, 0.2) is 0 Å². The minimum atomic E-state index is 0.0387. The molecular weight excluding hydrogens is 256 g/mol. The first-order chi connectivity index (χ1) is 9.10. The van der Waals surface area contributed by atoms with Crippen LogP contribution in [0.2, 0.25) is 0 Å². The highest BCUT2D eigenvalue weighted by molar-refractivity contribution is 7.99. The number of hydrogen-bond donors (Lipinski definition) is 1. The van der Waals surface area contributed by atoms with Crippen molar-refractivity contribution >= 4 is 17.7 Å². The van der Waals surface area contributed by atoms with Gasteiger partial charge in [0.2, 0.25) is 5.91 Å². The molecule has 3 nitrogen and oxygen atoms in total. The van der Waals surface area contributed by atoms with Gasteiger partial charge in [0, 0.05) is 11.3 Å². The normalized spacial score (nSPS) is 36.3. The molecule has 0 aromatic carbocycles. The van der Waals surface area contributed by atoms with Gasteiger partial charge in [0.1, 0.15) is 0 Å². The van der Waals surface area contributed by atoms with Crippen LogP contribution < -0.4 is 5.32 Å². The quantitative estimate of drug-likeness (QED) is 0.861. The van der Waals surface area contributed by atoms with Crippen molar-refractivity contribution in [3.05, 3.63) is 0 Å². The van der Waals surface area contributed by atoms with E-state index >= 15 is 0 Å². The minimum absolute atomic E-state index is 0.0387. The lowest BCUT2D eigenvalue weighted by Crippen LogP contribution is -2.52. The van der Waals surface area contributed by atoms with Crippen molar-refractivity contribution in [3.8, 4) is 0 Å². The summed E-state index contributed by atoms with van der Waals surface area (Å²) < 4.78 is 0. The molecular formula is C15H28N2OS. The Morgan fingerprint density at radius 1 is 1.37 bits per heavy atom. The zero-order chi connectivity index (χ0) is 14.0. The molecule has 0 aromatic rings. The molecule has 19 heavy (non-hydrogen) atoms. The zero-order valence-corrected chi connectivity index (χ0v) is 13.5. The summed E-state index contributed by atoms with van der Waals surface area (Å²) in [6, 6.07) is 0.476. The molecule has 2 fully saturated rings. The van der Waals surface area contributed by atoms with Gasteiger partial charge in [-0.05, 0) is 31.4 Å². The molecule has 4 heteroatoms. The first-order valence-electron chi connectivity index (χ1n) is 7.71. The Morgan fingerprint density at radius 2 is 2.05 bits per heavy atom. The van der Waals surface area contributed by atoms with Gasteiger partial charge in [-0.2, -0.15) is 11.8 Å². The van der Waals surface area contributed by atoms with E-state index in [1.807, 2.05) is 11.8 Å². The molecule has 2 rings (SSSR count). The summed E-state index contributed by atoms with van der Waals surface area (Å²) in [5.74, 6) is 0.817. The van der Waals surface area contributed by atoms with Crippen molar-refractivity contribution in [2.45, 2.75) is 76.4 Å². The van der Waals surface area contributed by atoms with Crippen LogP contribution in [-0.4, -0.2) is 40.6 Å². The topological polar surface area (TPSA) is 32.3 Å². The van der Waals surface area contributed by atoms with Crippen LogP contribution in [0.3, 0.4) is 0 Å². The number of amides is 1. The van der Waals surface area contributed by atoms with Crippen molar-refractivity contribution < 1.29 is 4.79 Å². The standard InChI is InChI=1S/C15H28N2OS/c1-5-11-15(18)17(14(16-11)10(2)3)12-8-6-7-9-13(12)19-4/h10-14,16H,5-9H2,1-4H3. The Balaban J connectivity index is 2.20. The third-order valence-corrected chi connectivity index (χ3v) is 5.75. The zero-order valence-electron chi connectivity index (χ0n) is 12.7. The molecule has 4 atom stereocenters. The summed E-state index contributed by atoms with van der Waals surface area (Å²) in [6.45, 7) is 6.53. The van der Waals surface area contributed by atoms with E-state index in [1.54, 1.807) is 0 Å². The van der Waals surface area contributed by atoms with Crippen LogP contribution in [0.5, 0.6) is 0 Å². The molecule has 0 spiro atoms. The van der Waals surface area contributed by atoms with Gasteiger partial charge in [0.25, 0.3) is 0 Å². The van der Waals surface area contributed by atoms with Gasteiger partial charge in [0.15, 0.2) is 0 Å². The smallest absolute Gasteiger partial charge is 0.241 e. The van der Waals surface area contributed by atoms with E-state index in [9.17, 15) is 4.79 Å². The maximum Gasteiger partial charge on any atom is 0.241 e. The van der Waals surface area contributed by atoms with Gasteiger partial charge in [-0.15, -0.1) is 0 Å². The van der Waals surface area contributed by atoms with E-state index in [4.69, 9.17) is 0 Å². The fraction of sp³-hybridized carbons (Fsp3) is 0.933. The van der Waals surface area contributed by atoms with Gasteiger partial charge in [-0.3, -0.25) is 10.1 Å². The predicted molar refractivity (Wildman–Crippen MR) is 82.2 cm³/mol. The Kier molecular flexibility index (Phi) is 5.18. The fourth-order valence-corrected chi connectivity index (χ4v) is 4.50. The van der Waals surface area contributed by atoms with Crippen LogP contribution >= 0.6 is 11.8 Å². The maximum absolute atomic E-state index is 12.7. The number of thioether (sulfide) groups is 1. The molecule has 1 aliphatic carbocycles. The first-order valence-corrected chi connectivity index (χ1v) is 9.00. The lowest BCUT2D eigenvalue weighted by atomic mass is 9.92. The van der Waals surface area contributed by atoms with Crippen molar-refractivity contribution in [1.29, 1.82) is 0 Å². The van der Waals surface area contributed by atoms with E-state index in [-0.39, 0.29) is 12.2 Å². The number of rotatable bonds is 4. The van der Waals surface area contributed by atoms with Crippen LogP contribution in [0, 0.1) is 5.92 Å². The Morgan fingerprint density at radius 3 is 2.63 bits per heavy atom. The number of nitrogens with zero attached hydrogens (tertiary/aromatic N) is 1. The fourth-order valence-electron chi connectivity index (χ4n) is 3.52. The second-order valence-corrected chi connectivity index (χ2v) is 7.26. The van der Waals surface area contributed by atoms with Crippen LogP contribution in [0.1, 0.15) is 52.9 Å². The SMILES string of the molecule is CCC1NC(C(C)C)N(C2CCCCC2SC)C1=O. The third kappa shape index (κ3) is 2.94. The highest BCUT2D eigenvalue weighted by Crippen LogP contribution is 2.34. The highest BCUT2D eigenvalue weighted by Gasteiger charge is 2.45. The van der Waals surface area contributed by atoms with E-state index in [0.29, 0.717) is 23.1 Å². The molecule has 0 aromatic heterocycles. The molecule has 1 saturated heterocycles. The first kappa shape index (κ1) is 15.2. The lowest BCUT2D eigenvalue weighted by molar-refractivity contribution is -0.133. The third-order valence-electron chi connectivity index (χ3n) is 4.59. The van der Waals surface area contributed by atoms with Gasteiger partial charge in [0.05, 0.1) is 12.2 Å². The Labute approximate surface area is 121 Å². The largest absolute Gasteiger partial charge is 0.321 e. The monoisotopic (exact) mass is 284 g/mol. The van der Waals surface area contributed by atoms with Crippen LogP contribution in [0.25, 0.3) is 0 Å². The number of hydrogen-bond acceptors (Lipinski definition) is 3. The minimum Gasteiger partial charge on any atom is -0.321 e. The van der Waals surface area contributed by atoms with Crippen molar-refractivity contribution in [2.24, 2.45) is 5.92 Å². The summed E-state index contributed by atoms with van der Waals surface area (Å²) in [6.07, 6.45) is 8.35.